The number of halogens is 2. The fourth-order valence-electron chi connectivity index (χ4n) is 2.18. The summed E-state index contributed by atoms with van der Waals surface area (Å²) in [7, 11) is 0. The highest BCUT2D eigenvalue weighted by Crippen LogP contribution is 2.25. The van der Waals surface area contributed by atoms with Crippen LogP contribution in [0.3, 0.4) is 0 Å². The number of benzene rings is 1. The van der Waals surface area contributed by atoms with Crippen molar-refractivity contribution in [1.29, 1.82) is 0 Å². The van der Waals surface area contributed by atoms with Gasteiger partial charge in [0.2, 0.25) is 0 Å². The third kappa shape index (κ3) is 2.53. The first-order chi connectivity index (χ1) is 8.24. The predicted octanol–water partition coefficient (Wildman–Crippen LogP) is 2.10. The van der Waals surface area contributed by atoms with Crippen molar-refractivity contribution in [3.05, 3.63) is 48.1 Å². The Kier molecular flexibility index (Phi) is 3.86. The molecule has 4 heteroatoms. The molecule has 1 saturated heterocycles. The van der Waals surface area contributed by atoms with Gasteiger partial charge in [0.05, 0.1) is 6.04 Å². The van der Waals surface area contributed by atoms with E-state index >= 15 is 0 Å². The number of nitrogens with zero attached hydrogens (tertiary/aromatic N) is 1. The van der Waals surface area contributed by atoms with Crippen LogP contribution in [0.25, 0.3) is 0 Å². The zero-order valence-electron chi connectivity index (χ0n) is 9.63. The highest BCUT2D eigenvalue weighted by Gasteiger charge is 2.23. The molecule has 1 fully saturated rings. The second-order valence-electron chi connectivity index (χ2n) is 4.11. The van der Waals surface area contributed by atoms with Crippen molar-refractivity contribution in [3.63, 3.8) is 0 Å². The molecule has 1 N–H and O–H groups in total. The van der Waals surface area contributed by atoms with Gasteiger partial charge in [-0.15, -0.1) is 6.58 Å². The molecule has 2 rings (SSSR count). The first-order valence-corrected chi connectivity index (χ1v) is 5.75. The molecule has 92 valence electrons. The predicted molar refractivity (Wildman–Crippen MR) is 63.7 cm³/mol. The number of hydrogen-bond donors (Lipinski definition) is 1. The van der Waals surface area contributed by atoms with Gasteiger partial charge in [-0.1, -0.05) is 18.2 Å². The molecule has 2 nitrogen and oxygen atoms in total. The standard InChI is InChI=1S/C13H16F2N2/c1-2-12(17-8-6-16-7-9-17)10-4-3-5-11(14)13(10)15/h2-5,12,16H,1,6-9H2/t12-/m0/s1. The number of nitrogens with one attached hydrogen (secondary N) is 1. The van der Waals surface area contributed by atoms with Crippen LogP contribution in [0, 0.1) is 11.6 Å². The van der Waals surface area contributed by atoms with E-state index in [9.17, 15) is 8.78 Å². The van der Waals surface area contributed by atoms with Crippen LogP contribution in [0.2, 0.25) is 0 Å². The molecule has 0 unspecified atom stereocenters. The molecule has 1 heterocycles. The van der Waals surface area contributed by atoms with Crippen LogP contribution in [0.5, 0.6) is 0 Å². The first-order valence-electron chi connectivity index (χ1n) is 5.75. The van der Waals surface area contributed by atoms with Crippen LogP contribution in [0.4, 0.5) is 8.78 Å². The van der Waals surface area contributed by atoms with Gasteiger partial charge in [0, 0.05) is 31.7 Å². The van der Waals surface area contributed by atoms with Crippen LogP contribution in [-0.4, -0.2) is 31.1 Å². The molecular weight excluding hydrogens is 222 g/mol. The second kappa shape index (κ2) is 5.38. The maximum atomic E-state index is 13.7. The van der Waals surface area contributed by atoms with E-state index in [-0.39, 0.29) is 6.04 Å². The van der Waals surface area contributed by atoms with Gasteiger partial charge in [-0.05, 0) is 6.07 Å². The summed E-state index contributed by atoms with van der Waals surface area (Å²) in [5.74, 6) is -1.57. The highest BCUT2D eigenvalue weighted by molar-refractivity contribution is 5.25. The average molecular weight is 238 g/mol. The lowest BCUT2D eigenvalue weighted by atomic mass is 10.0. The molecule has 0 bridgehead atoms. The largest absolute Gasteiger partial charge is 0.314 e. The molecule has 1 atom stereocenters. The Morgan fingerprint density at radius 3 is 2.65 bits per heavy atom. The van der Waals surface area contributed by atoms with E-state index in [2.05, 4.69) is 16.8 Å². The minimum Gasteiger partial charge on any atom is -0.314 e. The molecule has 1 aromatic rings. The van der Waals surface area contributed by atoms with Crippen molar-refractivity contribution in [2.75, 3.05) is 26.2 Å². The quantitative estimate of drug-likeness (QED) is 0.811. The van der Waals surface area contributed by atoms with Gasteiger partial charge in [-0.25, -0.2) is 8.78 Å². The van der Waals surface area contributed by atoms with E-state index in [4.69, 9.17) is 0 Å². The molecule has 1 aliphatic heterocycles. The summed E-state index contributed by atoms with van der Waals surface area (Å²) < 4.78 is 26.9. The van der Waals surface area contributed by atoms with Crippen molar-refractivity contribution < 1.29 is 8.78 Å². The van der Waals surface area contributed by atoms with Crippen molar-refractivity contribution in [3.8, 4) is 0 Å². The zero-order valence-corrected chi connectivity index (χ0v) is 9.63. The Labute approximate surface area is 99.9 Å². The molecule has 0 spiro atoms. The van der Waals surface area contributed by atoms with Crippen LogP contribution in [0.15, 0.2) is 30.9 Å². The minimum absolute atomic E-state index is 0.257. The molecule has 0 aliphatic carbocycles. The lowest BCUT2D eigenvalue weighted by molar-refractivity contribution is 0.199. The maximum absolute atomic E-state index is 13.7. The summed E-state index contributed by atoms with van der Waals surface area (Å²) in [4.78, 5) is 2.10. The van der Waals surface area contributed by atoms with E-state index in [1.165, 1.54) is 6.07 Å². The SMILES string of the molecule is C=C[C@@H](c1cccc(F)c1F)N1CCNCC1. The van der Waals surface area contributed by atoms with Gasteiger partial charge in [0.25, 0.3) is 0 Å². The van der Waals surface area contributed by atoms with Gasteiger partial charge >= 0.3 is 0 Å². The Morgan fingerprint density at radius 2 is 2.00 bits per heavy atom. The average Bonchev–Trinajstić information content (AvgIpc) is 2.37. The minimum atomic E-state index is -0.801. The van der Waals surface area contributed by atoms with Crippen molar-refractivity contribution in [1.82, 2.24) is 10.2 Å². The Balaban J connectivity index is 2.27. The molecule has 0 amide bonds. The third-order valence-electron chi connectivity index (χ3n) is 3.07. The van der Waals surface area contributed by atoms with Gasteiger partial charge in [0.1, 0.15) is 0 Å². The Bertz CT molecular complexity index is 400. The molecule has 1 aromatic carbocycles. The van der Waals surface area contributed by atoms with Crippen LogP contribution < -0.4 is 5.32 Å². The number of rotatable bonds is 3. The van der Waals surface area contributed by atoms with Crippen LogP contribution in [0.1, 0.15) is 11.6 Å². The van der Waals surface area contributed by atoms with Crippen LogP contribution >= 0.6 is 0 Å². The fourth-order valence-corrected chi connectivity index (χ4v) is 2.18. The molecule has 0 radical (unpaired) electrons. The van der Waals surface area contributed by atoms with Crippen LogP contribution in [-0.2, 0) is 0 Å². The Hall–Kier alpha value is -1.26. The monoisotopic (exact) mass is 238 g/mol. The first kappa shape index (κ1) is 12.2. The second-order valence-corrected chi connectivity index (χ2v) is 4.11. The van der Waals surface area contributed by atoms with Crippen molar-refractivity contribution >= 4 is 0 Å². The summed E-state index contributed by atoms with van der Waals surface area (Å²) in [5.41, 5.74) is 0.363. The maximum Gasteiger partial charge on any atom is 0.163 e. The molecule has 1 aliphatic rings. The molecule has 17 heavy (non-hydrogen) atoms. The summed E-state index contributed by atoms with van der Waals surface area (Å²) in [5, 5.41) is 3.23. The fraction of sp³-hybridized carbons (Fsp3) is 0.385. The third-order valence-corrected chi connectivity index (χ3v) is 3.07. The molecule has 0 aromatic heterocycles. The van der Waals surface area contributed by atoms with Gasteiger partial charge in [0.15, 0.2) is 11.6 Å². The Morgan fingerprint density at radius 1 is 1.29 bits per heavy atom. The summed E-state index contributed by atoms with van der Waals surface area (Å²) in [6, 6.07) is 4.03. The zero-order chi connectivity index (χ0) is 12.3. The van der Waals surface area contributed by atoms with E-state index in [0.29, 0.717) is 5.56 Å². The molecule has 0 saturated carbocycles. The summed E-state index contributed by atoms with van der Waals surface area (Å²) >= 11 is 0. The van der Waals surface area contributed by atoms with Gasteiger partial charge in [-0.3, -0.25) is 4.90 Å². The lowest BCUT2D eigenvalue weighted by Gasteiger charge is -2.33. The van der Waals surface area contributed by atoms with Gasteiger partial charge < -0.3 is 5.32 Å². The number of piperazine rings is 1. The number of hydrogen-bond acceptors (Lipinski definition) is 2. The van der Waals surface area contributed by atoms with Gasteiger partial charge in [-0.2, -0.15) is 0 Å². The summed E-state index contributed by atoms with van der Waals surface area (Å²) in [6.45, 7) is 7.08. The van der Waals surface area contributed by atoms with E-state index in [0.717, 1.165) is 32.2 Å². The topological polar surface area (TPSA) is 15.3 Å². The summed E-state index contributed by atoms with van der Waals surface area (Å²) in [6.07, 6.45) is 1.67. The smallest absolute Gasteiger partial charge is 0.163 e. The highest BCUT2D eigenvalue weighted by atomic mass is 19.2. The van der Waals surface area contributed by atoms with E-state index < -0.39 is 11.6 Å². The van der Waals surface area contributed by atoms with E-state index in [1.807, 2.05) is 0 Å². The van der Waals surface area contributed by atoms with E-state index in [1.54, 1.807) is 12.1 Å². The lowest BCUT2D eigenvalue weighted by Crippen LogP contribution is -2.44. The van der Waals surface area contributed by atoms with Crippen molar-refractivity contribution in [2.45, 2.75) is 6.04 Å². The molecular formula is C13H16F2N2. The normalized spacial score (nSPS) is 18.9. The van der Waals surface area contributed by atoms with Crippen molar-refractivity contribution in [2.24, 2.45) is 0 Å².